The van der Waals surface area contributed by atoms with E-state index in [1.54, 1.807) is 0 Å². The van der Waals surface area contributed by atoms with Gasteiger partial charge in [-0.25, -0.2) is 0 Å². The number of ether oxygens (including phenoxy) is 2. The molecule has 0 unspecified atom stereocenters. The van der Waals surface area contributed by atoms with Crippen LogP contribution in [0.4, 0.5) is 0 Å². The summed E-state index contributed by atoms with van der Waals surface area (Å²) in [6.07, 6.45) is 11.6. The molecule has 0 rings (SSSR count). The van der Waals surface area contributed by atoms with E-state index >= 15 is 0 Å². The Balaban J connectivity index is 0. The van der Waals surface area contributed by atoms with Crippen molar-refractivity contribution in [2.45, 2.75) is 57.8 Å². The standard InChI is InChI=1S/C15H33NO3.H2O.2O.U/c16-10-8-6-4-2-1-3-5-7-9-12-18-14-15-19-13-11-17;;;;/h17H,1-16H2;1H2;;;/q;;;;+1/p-1. The third-order valence-electron chi connectivity index (χ3n) is 3.10. The Kier molecular flexibility index (Phi) is 27.6. The second-order valence-corrected chi connectivity index (χ2v) is 7.40. The monoisotopic (exact) mass is 562 g/mol. The van der Waals surface area contributed by atoms with E-state index in [-0.39, 0.29) is 6.61 Å². The average molecular weight is 562 g/mol. The van der Waals surface area contributed by atoms with Crippen LogP contribution in [0.1, 0.15) is 57.8 Å². The molecule has 0 aromatic rings. The number of hydrogen-bond donors (Lipinski definition) is 3. The number of nitrogens with two attached hydrogens (primary N) is 1. The van der Waals surface area contributed by atoms with Gasteiger partial charge in [0.1, 0.15) is 0 Å². The van der Waals surface area contributed by atoms with Gasteiger partial charge in [0.05, 0.1) is 26.4 Å². The number of aliphatic hydroxyl groups is 1. The van der Waals surface area contributed by atoms with E-state index < -0.39 is 26.6 Å². The maximum absolute atomic E-state index is 8.75. The summed E-state index contributed by atoms with van der Waals surface area (Å²) in [5.41, 5.74) is 5.45. The number of unbranched alkanes of at least 4 members (excludes halogenated alkanes) is 8. The van der Waals surface area contributed by atoms with Crippen LogP contribution in [0.15, 0.2) is 0 Å². The topological polar surface area (TPSA) is 119 Å². The van der Waals surface area contributed by atoms with Crippen LogP contribution < -0.4 is 5.73 Å². The molecule has 0 amide bonds. The van der Waals surface area contributed by atoms with E-state index in [1.807, 2.05) is 0 Å². The molecule has 0 spiro atoms. The molecule has 0 atom stereocenters. The van der Waals surface area contributed by atoms with Crippen LogP contribution in [-0.4, -0.2) is 47.3 Å². The second kappa shape index (κ2) is 24.7. The minimum absolute atomic E-state index is 0.0895. The predicted octanol–water partition coefficient (Wildman–Crippen LogP) is 1.69. The zero-order valence-electron chi connectivity index (χ0n) is 14.2. The summed E-state index contributed by atoms with van der Waals surface area (Å²) in [6.45, 7) is 3.40. The summed E-state index contributed by atoms with van der Waals surface area (Å²) in [7, 11) is 0. The molecular weight excluding hydrogens is 528 g/mol. The maximum atomic E-state index is 8.75. The molecule has 0 saturated carbocycles. The van der Waals surface area contributed by atoms with Crippen molar-refractivity contribution in [1.82, 2.24) is 0 Å². The van der Waals surface area contributed by atoms with Gasteiger partial charge in [0.25, 0.3) is 0 Å². The van der Waals surface area contributed by atoms with E-state index in [1.165, 1.54) is 51.4 Å². The first-order chi connectivity index (χ1) is 11.1. The van der Waals surface area contributed by atoms with Crippen molar-refractivity contribution in [2.75, 3.05) is 39.6 Å². The molecule has 0 heterocycles. The van der Waals surface area contributed by atoms with Gasteiger partial charge >= 0.3 is 33.7 Å². The van der Waals surface area contributed by atoms with Crippen LogP contribution in [-0.2, 0) is 13.9 Å². The second-order valence-electron chi connectivity index (χ2n) is 5.18. The van der Waals surface area contributed by atoms with E-state index in [4.69, 9.17) is 27.4 Å². The summed E-state index contributed by atoms with van der Waals surface area (Å²) in [5, 5.41) is 8.50. The number of hydrogen-bond acceptors (Lipinski definition) is 6. The van der Waals surface area contributed by atoms with E-state index in [2.05, 4.69) is 0 Å². The Labute approximate surface area is 151 Å². The first kappa shape index (κ1) is 25.7. The van der Waals surface area contributed by atoms with Crippen LogP contribution >= 0.6 is 0 Å². The van der Waals surface area contributed by atoms with Crippen LogP contribution in [0.3, 0.4) is 0 Å². The van der Waals surface area contributed by atoms with Gasteiger partial charge in [-0.05, 0) is 19.4 Å². The zero-order chi connectivity index (χ0) is 17.6. The Morgan fingerprint density at radius 3 is 1.52 bits per heavy atom. The van der Waals surface area contributed by atoms with Crippen molar-refractivity contribution in [2.24, 2.45) is 5.73 Å². The minimum atomic E-state index is -4.23. The van der Waals surface area contributed by atoms with Crippen molar-refractivity contribution in [3.8, 4) is 0 Å². The summed E-state index contributed by atoms with van der Waals surface area (Å²) in [6, 6.07) is 0. The molecule has 0 bridgehead atoms. The van der Waals surface area contributed by atoms with E-state index in [0.29, 0.717) is 19.8 Å². The SMILES string of the molecule is NCCCCCCCCCCCOCCOCCO.[O]=[U](=[O])[OH]. The Bertz CT molecular complexity index is 253. The summed E-state index contributed by atoms with van der Waals surface area (Å²) < 4.78 is 35.2. The molecule has 0 aliphatic heterocycles. The summed E-state index contributed by atoms with van der Waals surface area (Å²) >= 11 is -4.23. The first-order valence-corrected chi connectivity index (χ1v) is 13.8. The number of aliphatic hydroxyl groups excluding tert-OH is 1. The zero-order valence-corrected chi connectivity index (χ0v) is 18.4. The van der Waals surface area contributed by atoms with E-state index in [0.717, 1.165) is 19.6 Å². The normalized spacial score (nSPS) is 10.2. The summed E-state index contributed by atoms with van der Waals surface area (Å²) in [4.78, 5) is 0. The van der Waals surface area contributed by atoms with Crippen LogP contribution in [0, 0.1) is 26.6 Å². The Morgan fingerprint density at radius 1 is 0.696 bits per heavy atom. The molecule has 0 aliphatic rings. The fraction of sp³-hybridized carbons (Fsp3) is 1.00. The Hall–Kier alpha value is 0.452. The van der Waals surface area contributed by atoms with E-state index in [9.17, 15) is 0 Å². The predicted molar refractivity (Wildman–Crippen MR) is 82.9 cm³/mol. The van der Waals surface area contributed by atoms with Gasteiger partial charge in [-0.2, -0.15) is 0 Å². The van der Waals surface area contributed by atoms with Gasteiger partial charge in [-0.1, -0.05) is 44.9 Å². The molecule has 23 heavy (non-hydrogen) atoms. The van der Waals surface area contributed by atoms with Gasteiger partial charge in [-0.15, -0.1) is 0 Å². The van der Waals surface area contributed by atoms with Gasteiger partial charge < -0.3 is 20.3 Å². The van der Waals surface area contributed by atoms with Gasteiger partial charge in [-0.3, -0.25) is 0 Å². The van der Waals surface area contributed by atoms with Crippen molar-refractivity contribution in [3.05, 3.63) is 0 Å². The van der Waals surface area contributed by atoms with Crippen LogP contribution in [0.25, 0.3) is 0 Å². The molecule has 0 saturated heterocycles. The quantitative estimate of drug-likeness (QED) is 0.245. The molecule has 0 aromatic carbocycles. The Morgan fingerprint density at radius 2 is 1.09 bits per heavy atom. The fourth-order valence-electron chi connectivity index (χ4n) is 1.97. The molecule has 0 aliphatic carbocycles. The van der Waals surface area contributed by atoms with Crippen molar-refractivity contribution >= 4 is 0 Å². The molecule has 4 N–H and O–H groups in total. The fourth-order valence-corrected chi connectivity index (χ4v) is 1.97. The van der Waals surface area contributed by atoms with Gasteiger partial charge in [0.2, 0.25) is 0 Å². The number of rotatable bonds is 16. The van der Waals surface area contributed by atoms with Gasteiger partial charge in [0.15, 0.2) is 0 Å². The van der Waals surface area contributed by atoms with Gasteiger partial charge in [0, 0.05) is 6.61 Å². The first-order valence-electron chi connectivity index (χ1n) is 8.51. The molecule has 0 aromatic heterocycles. The molecule has 8 heteroatoms. The van der Waals surface area contributed by atoms with Crippen molar-refractivity contribution in [3.63, 3.8) is 0 Å². The third kappa shape index (κ3) is 34.7. The molecule has 139 valence electrons. The molecule has 7 nitrogen and oxygen atoms in total. The van der Waals surface area contributed by atoms with Crippen LogP contribution in [0.2, 0.25) is 0 Å². The van der Waals surface area contributed by atoms with Crippen molar-refractivity contribution < 1.29 is 48.3 Å². The average Bonchev–Trinajstić information content (AvgIpc) is 2.50. The molecule has 0 fully saturated rings. The summed E-state index contributed by atoms with van der Waals surface area (Å²) in [5.74, 6) is 0. The molecular formula is C15H34NO6U. The third-order valence-corrected chi connectivity index (χ3v) is 3.10. The van der Waals surface area contributed by atoms with Crippen LogP contribution in [0.5, 0.6) is 0 Å². The molecule has 0 radical (unpaired) electrons. The van der Waals surface area contributed by atoms with Crippen molar-refractivity contribution in [1.29, 1.82) is 0 Å².